The second kappa shape index (κ2) is 6.84. The normalized spacial score (nSPS) is 20.9. The van der Waals surface area contributed by atoms with Gasteiger partial charge in [-0.1, -0.05) is 42.5 Å². The number of hydrogen-bond acceptors (Lipinski definition) is 4. The predicted octanol–water partition coefficient (Wildman–Crippen LogP) is 4.39. The minimum absolute atomic E-state index is 0.130. The average molecular weight is 375 g/mol. The van der Waals surface area contributed by atoms with Gasteiger partial charge < -0.3 is 18.8 Å². The molecule has 1 aliphatic heterocycles. The molecule has 1 aromatic heterocycles. The quantitative estimate of drug-likeness (QED) is 0.681. The molecule has 5 nitrogen and oxygen atoms in total. The monoisotopic (exact) mass is 375 g/mol. The molecule has 1 spiro atoms. The molecule has 2 heterocycles. The molecule has 1 aliphatic carbocycles. The lowest BCUT2D eigenvalue weighted by molar-refractivity contribution is -0.104. The smallest absolute Gasteiger partial charge is 0.290 e. The van der Waals surface area contributed by atoms with Crippen molar-refractivity contribution in [3.8, 4) is 11.7 Å². The Hall–Kier alpha value is -3.05. The van der Waals surface area contributed by atoms with Crippen LogP contribution in [0.5, 0.6) is 11.7 Å². The van der Waals surface area contributed by atoms with E-state index in [1.54, 1.807) is 12.1 Å². The van der Waals surface area contributed by atoms with Gasteiger partial charge >= 0.3 is 0 Å². The van der Waals surface area contributed by atoms with Crippen LogP contribution >= 0.6 is 0 Å². The molecule has 0 N–H and O–H groups in total. The maximum absolute atomic E-state index is 13.0. The van der Waals surface area contributed by atoms with E-state index in [9.17, 15) is 4.79 Å². The zero-order chi connectivity index (χ0) is 19.0. The minimum Gasteiger partial charge on any atom is -0.426 e. The van der Waals surface area contributed by atoms with Crippen molar-refractivity contribution in [2.45, 2.75) is 18.4 Å². The molecule has 142 valence electrons. The van der Waals surface area contributed by atoms with Gasteiger partial charge in [0, 0.05) is 12.6 Å². The van der Waals surface area contributed by atoms with Crippen molar-refractivity contribution in [2.75, 3.05) is 19.7 Å². The summed E-state index contributed by atoms with van der Waals surface area (Å²) in [6, 6.07) is 21.1. The van der Waals surface area contributed by atoms with Crippen LogP contribution in [-0.4, -0.2) is 30.5 Å². The summed E-state index contributed by atoms with van der Waals surface area (Å²) in [6.45, 7) is 1.62. The van der Waals surface area contributed by atoms with E-state index >= 15 is 0 Å². The van der Waals surface area contributed by atoms with Gasteiger partial charge in [0.25, 0.3) is 11.9 Å². The summed E-state index contributed by atoms with van der Waals surface area (Å²) in [4.78, 5) is 14.9. The van der Waals surface area contributed by atoms with Gasteiger partial charge in [-0.05, 0) is 42.2 Å². The van der Waals surface area contributed by atoms with Crippen molar-refractivity contribution < 1.29 is 18.7 Å². The van der Waals surface area contributed by atoms with Crippen LogP contribution in [0.4, 0.5) is 0 Å². The topological polar surface area (TPSA) is 51.9 Å². The average Bonchev–Trinajstić information content (AvgIpc) is 3.34. The number of furan rings is 1. The molecule has 28 heavy (non-hydrogen) atoms. The van der Waals surface area contributed by atoms with E-state index in [1.807, 2.05) is 41.3 Å². The van der Waals surface area contributed by atoms with E-state index in [0.717, 1.165) is 12.8 Å². The lowest BCUT2D eigenvalue weighted by atomic mass is 9.93. The predicted molar refractivity (Wildman–Crippen MR) is 104 cm³/mol. The molecule has 0 saturated carbocycles. The van der Waals surface area contributed by atoms with Crippen LogP contribution in [0, 0.1) is 0 Å². The number of morpholine rings is 1. The lowest BCUT2D eigenvalue weighted by Gasteiger charge is -2.40. The van der Waals surface area contributed by atoms with E-state index in [4.69, 9.17) is 13.9 Å². The number of rotatable bonds is 3. The van der Waals surface area contributed by atoms with Crippen molar-refractivity contribution in [1.82, 2.24) is 4.90 Å². The van der Waals surface area contributed by atoms with Crippen molar-refractivity contribution in [3.63, 3.8) is 0 Å². The molecular formula is C23H21NO4. The van der Waals surface area contributed by atoms with Crippen LogP contribution in [0.15, 0.2) is 71.1 Å². The number of carbonyl (C=O) groups is 1. The van der Waals surface area contributed by atoms with Gasteiger partial charge in [-0.25, -0.2) is 0 Å². The third kappa shape index (κ3) is 2.98. The van der Waals surface area contributed by atoms with Crippen molar-refractivity contribution in [3.05, 3.63) is 83.6 Å². The maximum atomic E-state index is 13.0. The summed E-state index contributed by atoms with van der Waals surface area (Å²) < 4.78 is 17.5. The Morgan fingerprint density at radius 1 is 1.00 bits per heavy atom. The molecule has 5 heteroatoms. The van der Waals surface area contributed by atoms with Gasteiger partial charge in [0.2, 0.25) is 0 Å². The fourth-order valence-corrected chi connectivity index (χ4v) is 4.18. The van der Waals surface area contributed by atoms with Crippen LogP contribution in [0.2, 0.25) is 0 Å². The zero-order valence-electron chi connectivity index (χ0n) is 15.5. The summed E-state index contributed by atoms with van der Waals surface area (Å²) in [5.41, 5.74) is 2.12. The number of aryl methyl sites for hydroxylation is 1. The molecule has 1 amide bonds. The first-order valence-corrected chi connectivity index (χ1v) is 9.58. The highest BCUT2D eigenvalue weighted by Crippen LogP contribution is 2.42. The van der Waals surface area contributed by atoms with Gasteiger partial charge in [0.05, 0.1) is 13.2 Å². The van der Waals surface area contributed by atoms with Gasteiger partial charge in [-0.2, -0.15) is 0 Å². The standard InChI is InChI=1S/C23H21NO4/c25-22(20-10-11-21(28-20)27-18-7-2-1-3-8-18)24-14-15-26-23(16-24)13-12-17-6-4-5-9-19(17)23/h1-11H,12-16H2. The summed E-state index contributed by atoms with van der Waals surface area (Å²) in [5, 5.41) is 0. The number of benzene rings is 2. The van der Waals surface area contributed by atoms with E-state index in [2.05, 4.69) is 18.2 Å². The molecule has 1 fully saturated rings. The molecule has 2 aromatic carbocycles. The highest BCUT2D eigenvalue weighted by atomic mass is 16.6. The lowest BCUT2D eigenvalue weighted by Crippen LogP contribution is -2.51. The van der Waals surface area contributed by atoms with Crippen LogP contribution in [0.3, 0.4) is 0 Å². The third-order valence-electron chi connectivity index (χ3n) is 5.53. The number of nitrogens with zero attached hydrogens (tertiary/aromatic N) is 1. The minimum atomic E-state index is -0.402. The van der Waals surface area contributed by atoms with Gasteiger partial charge in [-0.15, -0.1) is 0 Å². The Balaban J connectivity index is 1.34. The molecule has 1 unspecified atom stereocenters. The van der Waals surface area contributed by atoms with Crippen LogP contribution in [0.25, 0.3) is 0 Å². The van der Waals surface area contributed by atoms with Crippen molar-refractivity contribution in [2.24, 2.45) is 0 Å². The van der Waals surface area contributed by atoms with Crippen LogP contribution < -0.4 is 4.74 Å². The number of amides is 1. The number of hydrogen-bond donors (Lipinski definition) is 0. The SMILES string of the molecule is O=C(c1ccc(Oc2ccccc2)o1)N1CCOC2(CCc3ccccc32)C1. The molecule has 1 atom stereocenters. The third-order valence-corrected chi connectivity index (χ3v) is 5.53. The Kier molecular flexibility index (Phi) is 4.17. The largest absolute Gasteiger partial charge is 0.426 e. The second-order valence-electron chi connectivity index (χ2n) is 7.26. The molecule has 0 radical (unpaired) electrons. The summed E-state index contributed by atoms with van der Waals surface area (Å²) >= 11 is 0. The fraction of sp³-hybridized carbons (Fsp3) is 0.261. The maximum Gasteiger partial charge on any atom is 0.290 e. The zero-order valence-corrected chi connectivity index (χ0v) is 15.5. The number of carbonyl (C=O) groups excluding carboxylic acids is 1. The number of para-hydroxylation sites is 1. The van der Waals surface area contributed by atoms with Crippen molar-refractivity contribution >= 4 is 5.91 Å². The molecular weight excluding hydrogens is 354 g/mol. The van der Waals surface area contributed by atoms with Crippen LogP contribution in [-0.2, 0) is 16.8 Å². The Morgan fingerprint density at radius 3 is 2.71 bits per heavy atom. The summed E-state index contributed by atoms with van der Waals surface area (Å²) in [5.74, 6) is 1.14. The number of ether oxygens (including phenoxy) is 2. The van der Waals surface area contributed by atoms with E-state index in [0.29, 0.717) is 31.4 Å². The highest BCUT2D eigenvalue weighted by Gasteiger charge is 2.44. The van der Waals surface area contributed by atoms with E-state index < -0.39 is 5.60 Å². The molecule has 2 aliphatic rings. The Bertz CT molecular complexity index is 993. The first-order chi connectivity index (χ1) is 13.7. The summed E-state index contributed by atoms with van der Waals surface area (Å²) in [6.07, 6.45) is 1.88. The second-order valence-corrected chi connectivity index (χ2v) is 7.26. The molecule has 1 saturated heterocycles. The first-order valence-electron chi connectivity index (χ1n) is 9.58. The first kappa shape index (κ1) is 17.1. The summed E-state index contributed by atoms with van der Waals surface area (Å²) in [7, 11) is 0. The number of fused-ring (bicyclic) bond motifs is 2. The van der Waals surface area contributed by atoms with Gasteiger partial charge in [0.15, 0.2) is 5.76 Å². The van der Waals surface area contributed by atoms with Crippen LogP contribution in [0.1, 0.15) is 28.1 Å². The van der Waals surface area contributed by atoms with E-state index in [1.165, 1.54) is 11.1 Å². The Labute approximate surface area is 163 Å². The van der Waals surface area contributed by atoms with Gasteiger partial charge in [0.1, 0.15) is 11.4 Å². The van der Waals surface area contributed by atoms with Crippen molar-refractivity contribution in [1.29, 1.82) is 0 Å². The molecule has 5 rings (SSSR count). The molecule has 0 bridgehead atoms. The molecule has 3 aromatic rings. The fourth-order valence-electron chi connectivity index (χ4n) is 4.18. The highest BCUT2D eigenvalue weighted by molar-refractivity contribution is 5.91. The van der Waals surface area contributed by atoms with E-state index in [-0.39, 0.29) is 11.7 Å². The Morgan fingerprint density at radius 2 is 1.82 bits per heavy atom. The van der Waals surface area contributed by atoms with Gasteiger partial charge in [-0.3, -0.25) is 4.79 Å².